The van der Waals surface area contributed by atoms with Crippen LogP contribution in [-0.2, 0) is 11.2 Å². The lowest BCUT2D eigenvalue weighted by molar-refractivity contribution is -0.134. The summed E-state index contributed by atoms with van der Waals surface area (Å²) in [5, 5.41) is 3.33. The van der Waals surface area contributed by atoms with E-state index in [1.54, 1.807) is 0 Å². The van der Waals surface area contributed by atoms with Gasteiger partial charge in [-0.15, -0.1) is 0 Å². The van der Waals surface area contributed by atoms with E-state index in [1.165, 1.54) is 17.5 Å². The fourth-order valence-electron chi connectivity index (χ4n) is 3.43. The fraction of sp³-hybridized carbons (Fsp3) is 0.588. The van der Waals surface area contributed by atoms with Crippen LogP contribution in [0.4, 0.5) is 0 Å². The molecule has 1 amide bonds. The van der Waals surface area contributed by atoms with Crippen LogP contribution in [0.15, 0.2) is 18.2 Å². The number of carbonyl (C=O) groups is 1. The summed E-state index contributed by atoms with van der Waals surface area (Å²) in [6, 6.07) is 6.58. The monoisotopic (exact) mass is 288 g/mol. The molecule has 0 saturated carbocycles. The molecule has 4 heteroatoms. The SMILES string of the molecule is CNC1CCc2c(OCC(=O)N3CCCCC3)cccc21. The van der Waals surface area contributed by atoms with Crippen molar-refractivity contribution in [2.75, 3.05) is 26.7 Å². The largest absolute Gasteiger partial charge is 0.483 e. The fourth-order valence-corrected chi connectivity index (χ4v) is 3.43. The normalized spacial score (nSPS) is 21.2. The van der Waals surface area contributed by atoms with Crippen LogP contribution in [-0.4, -0.2) is 37.6 Å². The number of ether oxygens (including phenoxy) is 1. The van der Waals surface area contributed by atoms with E-state index in [2.05, 4.69) is 11.4 Å². The average Bonchev–Trinajstić information content (AvgIpc) is 2.97. The van der Waals surface area contributed by atoms with E-state index < -0.39 is 0 Å². The molecule has 3 rings (SSSR count). The highest BCUT2D eigenvalue weighted by atomic mass is 16.5. The number of hydrogen-bond donors (Lipinski definition) is 1. The molecule has 1 fully saturated rings. The summed E-state index contributed by atoms with van der Waals surface area (Å²) in [5.74, 6) is 1.01. The van der Waals surface area contributed by atoms with Crippen LogP contribution in [0.25, 0.3) is 0 Å². The third-order valence-electron chi connectivity index (χ3n) is 4.64. The summed E-state index contributed by atoms with van der Waals surface area (Å²) in [5.41, 5.74) is 2.59. The molecule has 1 saturated heterocycles. The summed E-state index contributed by atoms with van der Waals surface area (Å²) >= 11 is 0. The predicted octanol–water partition coefficient (Wildman–Crippen LogP) is 2.28. The van der Waals surface area contributed by atoms with Gasteiger partial charge in [0, 0.05) is 19.1 Å². The first kappa shape index (κ1) is 14.4. The molecule has 114 valence electrons. The Hall–Kier alpha value is -1.55. The molecule has 1 unspecified atom stereocenters. The number of amides is 1. The highest BCUT2D eigenvalue weighted by Gasteiger charge is 2.24. The van der Waals surface area contributed by atoms with Crippen molar-refractivity contribution < 1.29 is 9.53 Å². The number of nitrogens with zero attached hydrogens (tertiary/aromatic N) is 1. The van der Waals surface area contributed by atoms with Gasteiger partial charge in [0.25, 0.3) is 5.91 Å². The van der Waals surface area contributed by atoms with Crippen LogP contribution >= 0.6 is 0 Å². The molecule has 0 aromatic heterocycles. The number of fused-ring (bicyclic) bond motifs is 1. The van der Waals surface area contributed by atoms with Crippen molar-refractivity contribution in [1.29, 1.82) is 0 Å². The Balaban J connectivity index is 1.63. The summed E-state index contributed by atoms with van der Waals surface area (Å²) < 4.78 is 5.84. The zero-order valence-electron chi connectivity index (χ0n) is 12.7. The van der Waals surface area contributed by atoms with Crippen LogP contribution in [0, 0.1) is 0 Å². The number of carbonyl (C=O) groups excluding carboxylic acids is 1. The molecule has 4 nitrogen and oxygen atoms in total. The van der Waals surface area contributed by atoms with E-state index in [0.29, 0.717) is 6.04 Å². The molecule has 1 atom stereocenters. The second-order valence-corrected chi connectivity index (χ2v) is 5.93. The van der Waals surface area contributed by atoms with E-state index in [0.717, 1.165) is 44.5 Å². The Morgan fingerprint density at radius 3 is 2.90 bits per heavy atom. The van der Waals surface area contributed by atoms with Crippen LogP contribution in [0.5, 0.6) is 5.75 Å². The molecule has 2 aliphatic rings. The van der Waals surface area contributed by atoms with Crippen molar-refractivity contribution in [3.8, 4) is 5.75 Å². The Labute approximate surface area is 126 Å². The number of hydrogen-bond acceptors (Lipinski definition) is 3. The quantitative estimate of drug-likeness (QED) is 0.924. The van der Waals surface area contributed by atoms with Gasteiger partial charge in [-0.25, -0.2) is 0 Å². The van der Waals surface area contributed by atoms with Gasteiger partial charge in [0.15, 0.2) is 6.61 Å². The van der Waals surface area contributed by atoms with Crippen molar-refractivity contribution in [3.63, 3.8) is 0 Å². The first-order valence-electron chi connectivity index (χ1n) is 7.99. The van der Waals surface area contributed by atoms with Gasteiger partial charge in [-0.1, -0.05) is 12.1 Å². The minimum atomic E-state index is 0.121. The molecule has 1 aromatic rings. The van der Waals surface area contributed by atoms with Crippen molar-refractivity contribution in [3.05, 3.63) is 29.3 Å². The summed E-state index contributed by atoms with van der Waals surface area (Å²) in [6.45, 7) is 1.94. The third kappa shape index (κ3) is 3.05. The Morgan fingerprint density at radius 1 is 1.33 bits per heavy atom. The molecule has 0 bridgehead atoms. The maximum absolute atomic E-state index is 12.2. The van der Waals surface area contributed by atoms with Crippen molar-refractivity contribution in [2.24, 2.45) is 0 Å². The molecule has 0 spiro atoms. The number of likely N-dealkylation sites (tertiary alicyclic amines) is 1. The minimum absolute atomic E-state index is 0.121. The van der Waals surface area contributed by atoms with Gasteiger partial charge >= 0.3 is 0 Å². The topological polar surface area (TPSA) is 41.6 Å². The van der Waals surface area contributed by atoms with Crippen molar-refractivity contribution in [1.82, 2.24) is 10.2 Å². The Kier molecular flexibility index (Phi) is 4.44. The second-order valence-electron chi connectivity index (χ2n) is 5.93. The van der Waals surface area contributed by atoms with Crippen LogP contribution in [0.3, 0.4) is 0 Å². The first-order chi connectivity index (χ1) is 10.3. The molecule has 1 heterocycles. The highest BCUT2D eigenvalue weighted by Crippen LogP contribution is 2.36. The van der Waals surface area contributed by atoms with Crippen LogP contribution < -0.4 is 10.1 Å². The van der Waals surface area contributed by atoms with Gasteiger partial charge in [0.2, 0.25) is 0 Å². The predicted molar refractivity (Wildman–Crippen MR) is 82.5 cm³/mol. The molecule has 21 heavy (non-hydrogen) atoms. The number of nitrogens with one attached hydrogen (secondary N) is 1. The first-order valence-corrected chi connectivity index (χ1v) is 7.99. The van der Waals surface area contributed by atoms with E-state index in [4.69, 9.17) is 4.74 Å². The zero-order valence-corrected chi connectivity index (χ0v) is 12.7. The Bertz CT molecular complexity index is 510. The lowest BCUT2D eigenvalue weighted by atomic mass is 10.1. The van der Waals surface area contributed by atoms with Crippen molar-refractivity contribution in [2.45, 2.75) is 38.1 Å². The molecule has 1 N–H and O–H groups in total. The van der Waals surface area contributed by atoms with Gasteiger partial charge in [-0.05, 0) is 56.3 Å². The van der Waals surface area contributed by atoms with Gasteiger partial charge in [-0.2, -0.15) is 0 Å². The number of piperidine rings is 1. The smallest absolute Gasteiger partial charge is 0.260 e. The summed E-state index contributed by atoms with van der Waals surface area (Å²) in [4.78, 5) is 14.1. The van der Waals surface area contributed by atoms with Crippen LogP contribution in [0.2, 0.25) is 0 Å². The number of benzene rings is 1. The maximum atomic E-state index is 12.2. The average molecular weight is 288 g/mol. The lowest BCUT2D eigenvalue weighted by Gasteiger charge is -2.26. The summed E-state index contributed by atoms with van der Waals surface area (Å²) in [7, 11) is 1.99. The summed E-state index contributed by atoms with van der Waals surface area (Å²) in [6.07, 6.45) is 5.61. The lowest BCUT2D eigenvalue weighted by Crippen LogP contribution is -2.38. The molecular formula is C17H24N2O2. The van der Waals surface area contributed by atoms with E-state index >= 15 is 0 Å². The standard InChI is InChI=1S/C17H24N2O2/c1-18-15-9-8-14-13(15)6-5-7-16(14)21-12-17(20)19-10-3-2-4-11-19/h5-7,15,18H,2-4,8-12H2,1H3. The second kappa shape index (κ2) is 6.48. The van der Waals surface area contributed by atoms with Gasteiger partial charge in [0.05, 0.1) is 0 Å². The van der Waals surface area contributed by atoms with Crippen molar-refractivity contribution >= 4 is 5.91 Å². The molecule has 1 aliphatic carbocycles. The molecular weight excluding hydrogens is 264 g/mol. The van der Waals surface area contributed by atoms with E-state index in [1.807, 2.05) is 24.1 Å². The van der Waals surface area contributed by atoms with Gasteiger partial charge in [-0.3, -0.25) is 4.79 Å². The maximum Gasteiger partial charge on any atom is 0.260 e. The van der Waals surface area contributed by atoms with Gasteiger partial charge in [0.1, 0.15) is 5.75 Å². The van der Waals surface area contributed by atoms with Gasteiger partial charge < -0.3 is 15.0 Å². The molecule has 1 aliphatic heterocycles. The Morgan fingerprint density at radius 2 is 2.14 bits per heavy atom. The van der Waals surface area contributed by atoms with E-state index in [9.17, 15) is 4.79 Å². The number of rotatable bonds is 4. The molecule has 1 aromatic carbocycles. The molecule has 0 radical (unpaired) electrons. The van der Waals surface area contributed by atoms with Crippen LogP contribution in [0.1, 0.15) is 42.9 Å². The zero-order chi connectivity index (χ0) is 14.7. The third-order valence-corrected chi connectivity index (χ3v) is 4.64. The highest BCUT2D eigenvalue weighted by molar-refractivity contribution is 5.77. The van der Waals surface area contributed by atoms with E-state index in [-0.39, 0.29) is 12.5 Å². The minimum Gasteiger partial charge on any atom is -0.483 e.